The van der Waals surface area contributed by atoms with Crippen molar-refractivity contribution in [3.8, 4) is 0 Å². The number of likely N-dealkylation sites (tertiary alicyclic amines) is 1. The van der Waals surface area contributed by atoms with Crippen molar-refractivity contribution in [2.45, 2.75) is 50.5 Å². The molecule has 2 atom stereocenters. The van der Waals surface area contributed by atoms with Gasteiger partial charge in [0, 0.05) is 20.1 Å². The highest BCUT2D eigenvalue weighted by molar-refractivity contribution is 5.81. The van der Waals surface area contributed by atoms with Crippen LogP contribution in [-0.2, 0) is 25.6 Å². The summed E-state index contributed by atoms with van der Waals surface area (Å²) in [6.07, 6.45) is 4.58. The van der Waals surface area contributed by atoms with Gasteiger partial charge in [-0.1, -0.05) is 0 Å². The first-order chi connectivity index (χ1) is 11.7. The van der Waals surface area contributed by atoms with Crippen LogP contribution in [0.4, 0.5) is 0 Å². The second-order valence-corrected chi connectivity index (χ2v) is 6.88. The quantitative estimate of drug-likeness (QED) is 0.846. The molecule has 1 aliphatic carbocycles. The van der Waals surface area contributed by atoms with Gasteiger partial charge in [-0.05, 0) is 37.8 Å². The van der Waals surface area contributed by atoms with Gasteiger partial charge in [0.1, 0.15) is 18.1 Å². The smallest absolute Gasteiger partial charge is 0.231 e. The molecule has 3 heterocycles. The highest BCUT2D eigenvalue weighted by Gasteiger charge is 2.53. The van der Waals surface area contributed by atoms with Gasteiger partial charge in [0.25, 0.3) is 0 Å². The molecule has 3 aliphatic rings. The average molecular weight is 335 g/mol. The highest BCUT2D eigenvalue weighted by atomic mass is 16.7. The zero-order chi connectivity index (χ0) is 16.6. The maximum Gasteiger partial charge on any atom is 0.231 e. The van der Waals surface area contributed by atoms with Crippen LogP contribution >= 0.6 is 0 Å². The maximum atomic E-state index is 13.2. The highest BCUT2D eigenvalue weighted by Crippen LogP contribution is 2.45. The molecule has 4 rings (SSSR count). The summed E-state index contributed by atoms with van der Waals surface area (Å²) in [5, 5.41) is 0. The van der Waals surface area contributed by atoms with Crippen molar-refractivity contribution in [2.24, 2.45) is 5.92 Å². The number of rotatable bonds is 4. The number of furan rings is 1. The second-order valence-electron chi connectivity index (χ2n) is 6.88. The van der Waals surface area contributed by atoms with Crippen LogP contribution in [0, 0.1) is 5.92 Å². The van der Waals surface area contributed by atoms with Crippen molar-refractivity contribution < 1.29 is 23.4 Å². The fraction of sp³-hybridized carbons (Fsp3) is 0.722. The van der Waals surface area contributed by atoms with Gasteiger partial charge in [0.2, 0.25) is 5.91 Å². The number of methoxy groups -OCH3 is 1. The number of hydrogen-bond acceptors (Lipinski definition) is 5. The summed E-state index contributed by atoms with van der Waals surface area (Å²) in [5.74, 6) is 0.949. The van der Waals surface area contributed by atoms with Gasteiger partial charge in [0.15, 0.2) is 5.79 Å². The van der Waals surface area contributed by atoms with Gasteiger partial charge in [-0.3, -0.25) is 4.79 Å². The standard InChI is InChI=1S/C18H25NO5/c1-21-12-13-6-7-16(24-13)15-5-3-9-19(15)17(20)14-4-2-8-18(14)22-10-11-23-18/h6-7,14-15H,2-5,8-12H2,1H3/t14-,15+/m1/s1. The molecule has 0 N–H and O–H groups in total. The molecular weight excluding hydrogens is 310 g/mol. The zero-order valence-corrected chi connectivity index (χ0v) is 14.2. The van der Waals surface area contributed by atoms with Crippen LogP contribution in [0.15, 0.2) is 16.5 Å². The third-order valence-corrected chi connectivity index (χ3v) is 5.46. The molecule has 6 nitrogen and oxygen atoms in total. The molecule has 0 unspecified atom stereocenters. The minimum atomic E-state index is -0.672. The van der Waals surface area contributed by atoms with Crippen molar-refractivity contribution >= 4 is 5.91 Å². The second kappa shape index (κ2) is 6.50. The summed E-state index contributed by atoms with van der Waals surface area (Å²) >= 11 is 0. The van der Waals surface area contributed by atoms with Crippen LogP contribution < -0.4 is 0 Å². The molecule has 24 heavy (non-hydrogen) atoms. The van der Waals surface area contributed by atoms with Crippen molar-refractivity contribution in [1.29, 1.82) is 0 Å². The molecule has 1 aromatic rings. The molecule has 0 aromatic carbocycles. The van der Waals surface area contributed by atoms with Crippen LogP contribution in [0.1, 0.15) is 49.7 Å². The lowest BCUT2D eigenvalue weighted by atomic mass is 9.99. The summed E-state index contributed by atoms with van der Waals surface area (Å²) in [5.41, 5.74) is 0. The Morgan fingerprint density at radius 1 is 1.29 bits per heavy atom. The lowest BCUT2D eigenvalue weighted by Gasteiger charge is -2.33. The Morgan fingerprint density at radius 2 is 2.12 bits per heavy atom. The van der Waals surface area contributed by atoms with Crippen molar-refractivity contribution in [3.63, 3.8) is 0 Å². The first-order valence-corrected chi connectivity index (χ1v) is 8.89. The molecule has 1 amide bonds. The molecule has 2 aliphatic heterocycles. The van der Waals surface area contributed by atoms with Crippen LogP contribution in [0.2, 0.25) is 0 Å². The number of ether oxygens (including phenoxy) is 3. The predicted molar refractivity (Wildman–Crippen MR) is 85.1 cm³/mol. The van der Waals surface area contributed by atoms with E-state index in [1.165, 1.54) is 0 Å². The number of amides is 1. The van der Waals surface area contributed by atoms with E-state index in [1.54, 1.807) is 7.11 Å². The van der Waals surface area contributed by atoms with Crippen molar-refractivity contribution in [3.05, 3.63) is 23.7 Å². The Morgan fingerprint density at radius 3 is 2.92 bits per heavy atom. The predicted octanol–water partition coefficient (Wildman–Crippen LogP) is 2.63. The molecule has 0 radical (unpaired) electrons. The summed E-state index contributed by atoms with van der Waals surface area (Å²) in [4.78, 5) is 15.2. The van der Waals surface area contributed by atoms with E-state index < -0.39 is 5.79 Å². The van der Waals surface area contributed by atoms with Gasteiger partial charge in [-0.25, -0.2) is 0 Å². The lowest BCUT2D eigenvalue weighted by Crippen LogP contribution is -2.46. The third-order valence-electron chi connectivity index (χ3n) is 5.46. The average Bonchev–Trinajstić information content (AvgIpc) is 3.35. The van der Waals surface area contributed by atoms with E-state index in [0.717, 1.165) is 50.2 Å². The Bertz CT molecular complexity index is 586. The van der Waals surface area contributed by atoms with Crippen LogP contribution in [0.25, 0.3) is 0 Å². The van der Waals surface area contributed by atoms with Crippen molar-refractivity contribution in [1.82, 2.24) is 4.90 Å². The molecule has 2 saturated heterocycles. The molecule has 3 fully saturated rings. The van der Waals surface area contributed by atoms with Gasteiger partial charge < -0.3 is 23.5 Å². The van der Waals surface area contributed by atoms with E-state index in [9.17, 15) is 4.79 Å². The Kier molecular flexibility index (Phi) is 4.37. The van der Waals surface area contributed by atoms with Crippen LogP contribution in [0.3, 0.4) is 0 Å². The van der Waals surface area contributed by atoms with Gasteiger partial charge in [0.05, 0.1) is 25.2 Å². The molecule has 132 valence electrons. The number of carbonyl (C=O) groups excluding carboxylic acids is 1. The summed E-state index contributed by atoms with van der Waals surface area (Å²) < 4.78 is 22.7. The summed E-state index contributed by atoms with van der Waals surface area (Å²) in [7, 11) is 1.65. The van der Waals surface area contributed by atoms with Gasteiger partial charge >= 0.3 is 0 Å². The van der Waals surface area contributed by atoms with E-state index in [4.69, 9.17) is 18.6 Å². The van der Waals surface area contributed by atoms with E-state index in [0.29, 0.717) is 19.8 Å². The number of carbonyl (C=O) groups is 1. The number of nitrogens with zero attached hydrogens (tertiary/aromatic N) is 1. The number of hydrogen-bond donors (Lipinski definition) is 0. The molecule has 1 saturated carbocycles. The summed E-state index contributed by atoms with van der Waals surface area (Å²) in [6, 6.07) is 3.92. The van der Waals surface area contributed by atoms with Crippen molar-refractivity contribution in [2.75, 3.05) is 26.9 Å². The van der Waals surface area contributed by atoms with Gasteiger partial charge in [-0.15, -0.1) is 0 Å². The Labute approximate surface area is 142 Å². The minimum Gasteiger partial charge on any atom is -0.461 e. The third kappa shape index (κ3) is 2.66. The first-order valence-electron chi connectivity index (χ1n) is 8.89. The normalized spacial score (nSPS) is 29.0. The van der Waals surface area contributed by atoms with E-state index in [-0.39, 0.29) is 17.9 Å². The zero-order valence-electron chi connectivity index (χ0n) is 14.2. The fourth-order valence-corrected chi connectivity index (χ4v) is 4.39. The maximum absolute atomic E-state index is 13.2. The van der Waals surface area contributed by atoms with E-state index in [2.05, 4.69) is 0 Å². The van der Waals surface area contributed by atoms with E-state index >= 15 is 0 Å². The van der Waals surface area contributed by atoms with Gasteiger partial charge in [-0.2, -0.15) is 0 Å². The molecular formula is C18H25NO5. The lowest BCUT2D eigenvalue weighted by molar-refractivity contribution is -0.192. The van der Waals surface area contributed by atoms with E-state index in [1.807, 2.05) is 17.0 Å². The fourth-order valence-electron chi connectivity index (χ4n) is 4.39. The van der Waals surface area contributed by atoms with Crippen LogP contribution in [-0.4, -0.2) is 43.5 Å². The topological polar surface area (TPSA) is 61.1 Å². The summed E-state index contributed by atoms with van der Waals surface area (Å²) in [6.45, 7) is 2.40. The first kappa shape index (κ1) is 16.1. The monoisotopic (exact) mass is 335 g/mol. The molecule has 6 heteroatoms. The molecule has 1 aromatic heterocycles. The SMILES string of the molecule is COCc1ccc([C@@H]2CCCN2C(=O)[C@H]2CCCC23OCCO3)o1. The molecule has 0 bridgehead atoms. The molecule has 1 spiro atoms. The Balaban J connectivity index is 1.52. The Hall–Kier alpha value is -1.37. The van der Waals surface area contributed by atoms with Crippen LogP contribution in [0.5, 0.6) is 0 Å². The largest absolute Gasteiger partial charge is 0.461 e. The minimum absolute atomic E-state index is 0.0159.